The Labute approximate surface area is 112 Å². The molecule has 0 aliphatic carbocycles. The normalized spacial score (nSPS) is 15.2. The maximum Gasteiger partial charge on any atom is 0.415 e. The van der Waals surface area contributed by atoms with Gasteiger partial charge in [0.25, 0.3) is 0 Å². The number of nitrogens with zero attached hydrogens (tertiary/aromatic N) is 1. The number of benzene rings is 1. The minimum Gasteiger partial charge on any atom is -0.494 e. The molecule has 0 spiro atoms. The van der Waals surface area contributed by atoms with E-state index < -0.39 is 6.09 Å². The molecule has 0 aromatic heterocycles. The van der Waals surface area contributed by atoms with E-state index in [1.807, 2.05) is 6.92 Å². The van der Waals surface area contributed by atoms with Crippen molar-refractivity contribution in [1.29, 1.82) is 0 Å². The Hall–Kier alpha value is -2.04. The van der Waals surface area contributed by atoms with E-state index >= 15 is 0 Å². The van der Waals surface area contributed by atoms with Gasteiger partial charge in [-0.1, -0.05) is 0 Å². The van der Waals surface area contributed by atoms with E-state index in [1.54, 1.807) is 29.2 Å². The summed E-state index contributed by atoms with van der Waals surface area (Å²) < 4.78 is 10.5. The summed E-state index contributed by atoms with van der Waals surface area (Å²) in [4.78, 5) is 24.5. The van der Waals surface area contributed by atoms with Crippen LogP contribution in [0.1, 0.15) is 19.8 Å². The third kappa shape index (κ3) is 3.71. The molecule has 2 rings (SSSR count). The zero-order chi connectivity index (χ0) is 13.7. The van der Waals surface area contributed by atoms with Crippen LogP contribution >= 0.6 is 0 Å². The van der Waals surface area contributed by atoms with Crippen molar-refractivity contribution in [3.63, 3.8) is 0 Å². The van der Waals surface area contributed by atoms with E-state index in [4.69, 9.17) is 9.47 Å². The number of amides is 1. The molecule has 1 aromatic rings. The molecule has 0 bridgehead atoms. The molecular weight excluding hydrogens is 246 g/mol. The molecule has 1 aromatic carbocycles. The van der Waals surface area contributed by atoms with Crippen LogP contribution < -0.4 is 9.47 Å². The fraction of sp³-hybridized carbons (Fsp3) is 0.429. The van der Waals surface area contributed by atoms with Crippen LogP contribution in [0.15, 0.2) is 24.3 Å². The molecule has 1 amide bonds. The number of piperidine rings is 1. The maximum absolute atomic E-state index is 11.8. The number of ketones is 1. The molecule has 0 saturated carbocycles. The first-order chi connectivity index (χ1) is 9.19. The topological polar surface area (TPSA) is 55.8 Å². The van der Waals surface area contributed by atoms with Crippen molar-refractivity contribution in [2.75, 3.05) is 19.7 Å². The van der Waals surface area contributed by atoms with Gasteiger partial charge in [0.05, 0.1) is 6.61 Å². The molecule has 1 saturated heterocycles. The fourth-order valence-electron chi connectivity index (χ4n) is 1.87. The van der Waals surface area contributed by atoms with Gasteiger partial charge in [-0.05, 0) is 31.2 Å². The predicted molar refractivity (Wildman–Crippen MR) is 69.4 cm³/mol. The highest BCUT2D eigenvalue weighted by Gasteiger charge is 2.22. The third-order valence-electron chi connectivity index (χ3n) is 2.92. The third-order valence-corrected chi connectivity index (χ3v) is 2.92. The van der Waals surface area contributed by atoms with Crippen molar-refractivity contribution in [3.8, 4) is 11.5 Å². The Morgan fingerprint density at radius 3 is 2.32 bits per heavy atom. The second-order valence-corrected chi connectivity index (χ2v) is 4.30. The molecule has 1 aliphatic heterocycles. The zero-order valence-corrected chi connectivity index (χ0v) is 10.9. The van der Waals surface area contributed by atoms with Crippen LogP contribution in [0.4, 0.5) is 4.79 Å². The van der Waals surface area contributed by atoms with E-state index in [0.29, 0.717) is 38.3 Å². The van der Waals surface area contributed by atoms with Gasteiger partial charge in [0.15, 0.2) is 0 Å². The molecule has 0 N–H and O–H groups in total. The molecule has 5 heteroatoms. The molecule has 0 atom stereocenters. The largest absolute Gasteiger partial charge is 0.494 e. The van der Waals surface area contributed by atoms with Gasteiger partial charge in [-0.15, -0.1) is 0 Å². The van der Waals surface area contributed by atoms with Gasteiger partial charge in [-0.25, -0.2) is 4.79 Å². The van der Waals surface area contributed by atoms with Gasteiger partial charge in [0, 0.05) is 25.9 Å². The van der Waals surface area contributed by atoms with Crippen molar-refractivity contribution in [2.45, 2.75) is 19.8 Å². The number of carbonyl (C=O) groups excluding carboxylic acids is 2. The second-order valence-electron chi connectivity index (χ2n) is 4.30. The van der Waals surface area contributed by atoms with Gasteiger partial charge >= 0.3 is 6.09 Å². The number of ether oxygens (including phenoxy) is 2. The SMILES string of the molecule is CCOc1ccc(OC(=O)N2CCC(=O)CC2)cc1. The Morgan fingerprint density at radius 1 is 1.16 bits per heavy atom. The predicted octanol–water partition coefficient (Wildman–Crippen LogP) is 2.25. The number of Topliss-reactive ketones (excluding diaryl/α,β-unsaturated/α-hetero) is 1. The lowest BCUT2D eigenvalue weighted by Crippen LogP contribution is -2.40. The van der Waals surface area contributed by atoms with Crippen molar-refractivity contribution >= 4 is 11.9 Å². The first-order valence-corrected chi connectivity index (χ1v) is 6.40. The van der Waals surface area contributed by atoms with Gasteiger partial charge < -0.3 is 14.4 Å². The first-order valence-electron chi connectivity index (χ1n) is 6.40. The van der Waals surface area contributed by atoms with Gasteiger partial charge in [-0.2, -0.15) is 0 Å². The molecule has 1 fully saturated rings. The number of likely N-dealkylation sites (tertiary alicyclic amines) is 1. The lowest BCUT2D eigenvalue weighted by Gasteiger charge is -2.25. The van der Waals surface area contributed by atoms with Crippen molar-refractivity contribution in [3.05, 3.63) is 24.3 Å². The van der Waals surface area contributed by atoms with Crippen LogP contribution in [0.2, 0.25) is 0 Å². The molecule has 0 radical (unpaired) electrons. The summed E-state index contributed by atoms with van der Waals surface area (Å²) in [6, 6.07) is 6.90. The number of hydrogen-bond donors (Lipinski definition) is 0. The number of hydrogen-bond acceptors (Lipinski definition) is 4. The smallest absolute Gasteiger partial charge is 0.415 e. The Balaban J connectivity index is 1.89. The summed E-state index contributed by atoms with van der Waals surface area (Å²) in [6.45, 7) is 3.38. The summed E-state index contributed by atoms with van der Waals surface area (Å²) in [5, 5.41) is 0. The molecule has 5 nitrogen and oxygen atoms in total. The maximum atomic E-state index is 11.8. The lowest BCUT2D eigenvalue weighted by molar-refractivity contribution is -0.121. The van der Waals surface area contributed by atoms with Crippen molar-refractivity contribution < 1.29 is 19.1 Å². The lowest BCUT2D eigenvalue weighted by atomic mass is 10.1. The van der Waals surface area contributed by atoms with Crippen molar-refractivity contribution in [1.82, 2.24) is 4.90 Å². The van der Waals surface area contributed by atoms with Crippen LogP contribution in [-0.2, 0) is 4.79 Å². The minimum atomic E-state index is -0.406. The highest BCUT2D eigenvalue weighted by molar-refractivity contribution is 5.81. The summed E-state index contributed by atoms with van der Waals surface area (Å²) in [6.07, 6.45) is 0.424. The van der Waals surface area contributed by atoms with Gasteiger partial charge in [-0.3, -0.25) is 4.79 Å². The molecule has 102 valence electrons. The van der Waals surface area contributed by atoms with Gasteiger partial charge in [0.2, 0.25) is 0 Å². The quantitative estimate of drug-likeness (QED) is 0.839. The highest BCUT2D eigenvalue weighted by Crippen LogP contribution is 2.18. The van der Waals surface area contributed by atoms with Crippen LogP contribution in [0, 0.1) is 0 Å². The van der Waals surface area contributed by atoms with Crippen LogP contribution in [-0.4, -0.2) is 36.5 Å². The monoisotopic (exact) mass is 263 g/mol. The molecule has 0 unspecified atom stereocenters. The Kier molecular flexibility index (Phi) is 4.39. The van der Waals surface area contributed by atoms with E-state index in [9.17, 15) is 9.59 Å². The zero-order valence-electron chi connectivity index (χ0n) is 10.9. The fourth-order valence-corrected chi connectivity index (χ4v) is 1.87. The molecule has 1 heterocycles. The average molecular weight is 263 g/mol. The van der Waals surface area contributed by atoms with E-state index in [0.717, 1.165) is 5.75 Å². The summed E-state index contributed by atoms with van der Waals surface area (Å²) >= 11 is 0. The highest BCUT2D eigenvalue weighted by atomic mass is 16.6. The minimum absolute atomic E-state index is 0.199. The molecule has 1 aliphatic rings. The van der Waals surface area contributed by atoms with Crippen LogP contribution in [0.5, 0.6) is 11.5 Å². The number of rotatable bonds is 3. The van der Waals surface area contributed by atoms with Gasteiger partial charge in [0.1, 0.15) is 17.3 Å². The summed E-state index contributed by atoms with van der Waals surface area (Å²) in [5.41, 5.74) is 0. The Morgan fingerprint density at radius 2 is 1.74 bits per heavy atom. The van der Waals surface area contributed by atoms with E-state index in [-0.39, 0.29) is 5.78 Å². The number of carbonyl (C=O) groups is 2. The van der Waals surface area contributed by atoms with E-state index in [1.165, 1.54) is 0 Å². The van der Waals surface area contributed by atoms with Crippen molar-refractivity contribution in [2.24, 2.45) is 0 Å². The van der Waals surface area contributed by atoms with E-state index in [2.05, 4.69) is 0 Å². The Bertz CT molecular complexity index is 445. The molecular formula is C14H17NO4. The van der Waals surface area contributed by atoms with Crippen LogP contribution in [0.3, 0.4) is 0 Å². The standard InChI is InChI=1S/C14H17NO4/c1-2-18-12-3-5-13(6-4-12)19-14(17)15-9-7-11(16)8-10-15/h3-6H,2,7-10H2,1H3. The average Bonchev–Trinajstić information content (AvgIpc) is 2.42. The molecule has 19 heavy (non-hydrogen) atoms. The second kappa shape index (κ2) is 6.22. The van der Waals surface area contributed by atoms with Crippen LogP contribution in [0.25, 0.3) is 0 Å². The summed E-state index contributed by atoms with van der Waals surface area (Å²) in [5.74, 6) is 1.42. The summed E-state index contributed by atoms with van der Waals surface area (Å²) in [7, 11) is 0. The first kappa shape index (κ1) is 13.4.